The zero-order valence-corrected chi connectivity index (χ0v) is 7.96. The maximum atomic E-state index is 10.2. The molecular weight excluding hydrogens is 144 g/mol. The summed E-state index contributed by atoms with van der Waals surface area (Å²) in [5.74, 6) is 0.743. The van der Waals surface area contributed by atoms with Gasteiger partial charge in [0.15, 0.2) is 0 Å². The van der Waals surface area contributed by atoms with E-state index in [2.05, 4.69) is 20.8 Å². The van der Waals surface area contributed by atoms with E-state index in [1.807, 2.05) is 0 Å². The Morgan fingerprint density at radius 1 is 1.40 bits per heavy atom. The SMILES string of the molecule is CCCCC(C)(C)C[S+]=O. The molecule has 10 heavy (non-hydrogen) atoms. The van der Waals surface area contributed by atoms with Crippen molar-refractivity contribution in [3.05, 3.63) is 0 Å². The Labute approximate surface area is 67.7 Å². The topological polar surface area (TPSA) is 17.1 Å². The minimum atomic E-state index is 0.252. The van der Waals surface area contributed by atoms with E-state index in [0.717, 1.165) is 5.75 Å². The van der Waals surface area contributed by atoms with Gasteiger partial charge in [-0.2, -0.15) is 0 Å². The van der Waals surface area contributed by atoms with Crippen LogP contribution in [-0.4, -0.2) is 5.75 Å². The molecule has 0 aliphatic heterocycles. The van der Waals surface area contributed by atoms with Gasteiger partial charge in [-0.3, -0.25) is 0 Å². The van der Waals surface area contributed by atoms with Gasteiger partial charge in [-0.1, -0.05) is 33.6 Å². The monoisotopic (exact) mass is 161 g/mol. The van der Waals surface area contributed by atoms with Crippen molar-refractivity contribution in [1.82, 2.24) is 0 Å². The van der Waals surface area contributed by atoms with Crippen molar-refractivity contribution in [1.29, 1.82) is 0 Å². The average Bonchev–Trinajstić information content (AvgIpc) is 1.84. The molecule has 0 N–H and O–H groups in total. The predicted molar refractivity (Wildman–Crippen MR) is 46.2 cm³/mol. The number of rotatable bonds is 5. The predicted octanol–water partition coefficient (Wildman–Crippen LogP) is 2.63. The summed E-state index contributed by atoms with van der Waals surface area (Å²) < 4.78 is 10.2. The molecule has 0 unspecified atom stereocenters. The number of hydrogen-bond acceptors (Lipinski definition) is 1. The van der Waals surface area contributed by atoms with Crippen molar-refractivity contribution in [3.63, 3.8) is 0 Å². The Morgan fingerprint density at radius 2 is 2.00 bits per heavy atom. The largest absolute Gasteiger partial charge is 0.459 e. The second-order valence-electron chi connectivity index (χ2n) is 3.53. The lowest BCUT2D eigenvalue weighted by molar-refractivity contribution is 0.369. The molecule has 0 aromatic rings. The van der Waals surface area contributed by atoms with Crippen molar-refractivity contribution in [3.8, 4) is 0 Å². The highest BCUT2D eigenvalue weighted by Gasteiger charge is 2.23. The first-order chi connectivity index (χ1) is 4.62. The lowest BCUT2D eigenvalue weighted by Gasteiger charge is -2.14. The molecule has 0 radical (unpaired) electrons. The standard InChI is InChI=1S/C8H17OS/c1-4-5-6-8(2,3)7-10-9/h4-7H2,1-3H3/q+1. The molecule has 0 rings (SSSR count). The fourth-order valence-electron chi connectivity index (χ4n) is 0.887. The first-order valence-electron chi connectivity index (χ1n) is 3.87. The number of unbranched alkanes of at least 4 members (excludes halogenated alkanes) is 1. The molecule has 0 aromatic carbocycles. The average molecular weight is 161 g/mol. The molecule has 0 saturated carbocycles. The molecule has 2 heteroatoms. The van der Waals surface area contributed by atoms with Crippen LogP contribution in [0.15, 0.2) is 0 Å². The Balaban J connectivity index is 3.51. The summed E-state index contributed by atoms with van der Waals surface area (Å²) in [4.78, 5) is 0. The van der Waals surface area contributed by atoms with Crippen LogP contribution in [0.5, 0.6) is 0 Å². The second kappa shape index (κ2) is 4.78. The zero-order valence-electron chi connectivity index (χ0n) is 7.14. The van der Waals surface area contributed by atoms with E-state index < -0.39 is 0 Å². The maximum Gasteiger partial charge on any atom is 0.459 e. The highest BCUT2D eigenvalue weighted by molar-refractivity contribution is 7.65. The molecule has 0 saturated heterocycles. The smallest absolute Gasteiger partial charge is 0.0654 e. The van der Waals surface area contributed by atoms with Gasteiger partial charge in [0.1, 0.15) is 0 Å². The van der Waals surface area contributed by atoms with Crippen LogP contribution in [0.3, 0.4) is 0 Å². The molecule has 1 nitrogen and oxygen atoms in total. The van der Waals surface area contributed by atoms with Crippen molar-refractivity contribution in [2.24, 2.45) is 5.41 Å². The van der Waals surface area contributed by atoms with Crippen molar-refractivity contribution in [2.75, 3.05) is 5.75 Å². The molecule has 0 aliphatic carbocycles. The Kier molecular flexibility index (Phi) is 4.79. The van der Waals surface area contributed by atoms with Crippen molar-refractivity contribution < 1.29 is 4.21 Å². The molecule has 0 aliphatic rings. The summed E-state index contributed by atoms with van der Waals surface area (Å²) >= 11 is 0.709. The molecule has 0 amide bonds. The molecule has 60 valence electrons. The van der Waals surface area contributed by atoms with E-state index in [1.54, 1.807) is 0 Å². The fourth-order valence-corrected chi connectivity index (χ4v) is 1.35. The van der Waals surface area contributed by atoms with Gasteiger partial charge in [0.2, 0.25) is 5.75 Å². The van der Waals surface area contributed by atoms with E-state index in [1.165, 1.54) is 19.3 Å². The first-order valence-corrected chi connectivity index (χ1v) is 4.78. The van der Waals surface area contributed by atoms with Crippen molar-refractivity contribution >= 4 is 11.7 Å². The van der Waals surface area contributed by atoms with Crippen LogP contribution in [0.25, 0.3) is 0 Å². The molecule has 0 spiro atoms. The van der Waals surface area contributed by atoms with E-state index in [4.69, 9.17) is 0 Å². The van der Waals surface area contributed by atoms with Gasteiger partial charge in [0.25, 0.3) is 0 Å². The van der Waals surface area contributed by atoms with Gasteiger partial charge in [0, 0.05) is 9.62 Å². The van der Waals surface area contributed by atoms with Crippen LogP contribution in [0.4, 0.5) is 0 Å². The quantitative estimate of drug-likeness (QED) is 0.566. The van der Waals surface area contributed by atoms with Gasteiger partial charge in [0.05, 0.1) is 0 Å². The van der Waals surface area contributed by atoms with Crippen LogP contribution in [0, 0.1) is 5.41 Å². The zero-order chi connectivity index (χ0) is 8.04. The summed E-state index contributed by atoms with van der Waals surface area (Å²) in [6.07, 6.45) is 3.65. The van der Waals surface area contributed by atoms with Crippen LogP contribution in [0.2, 0.25) is 0 Å². The van der Waals surface area contributed by atoms with Gasteiger partial charge in [-0.15, -0.1) is 0 Å². The third kappa shape index (κ3) is 4.86. The highest BCUT2D eigenvalue weighted by atomic mass is 32.1. The van der Waals surface area contributed by atoms with Gasteiger partial charge >= 0.3 is 11.7 Å². The van der Waals surface area contributed by atoms with Crippen molar-refractivity contribution in [2.45, 2.75) is 40.0 Å². The summed E-state index contributed by atoms with van der Waals surface area (Å²) in [5, 5.41) is 0. The minimum Gasteiger partial charge on any atom is -0.0654 e. The van der Waals surface area contributed by atoms with Crippen LogP contribution in [0.1, 0.15) is 40.0 Å². The Hall–Kier alpha value is 0.0200. The van der Waals surface area contributed by atoms with Crippen LogP contribution < -0.4 is 0 Å². The third-order valence-electron chi connectivity index (χ3n) is 1.66. The van der Waals surface area contributed by atoms with E-state index >= 15 is 0 Å². The summed E-state index contributed by atoms with van der Waals surface area (Å²) in [6, 6.07) is 0. The third-order valence-corrected chi connectivity index (χ3v) is 2.56. The first kappa shape index (κ1) is 10.0. The normalized spacial score (nSPS) is 11.5. The summed E-state index contributed by atoms with van der Waals surface area (Å²) in [6.45, 7) is 6.50. The van der Waals surface area contributed by atoms with Gasteiger partial charge in [-0.05, 0) is 6.42 Å². The Bertz CT molecular complexity index is 99.4. The molecular formula is C8H17OS+. The molecule has 0 aromatic heterocycles. The number of hydrogen-bond donors (Lipinski definition) is 0. The van der Waals surface area contributed by atoms with Gasteiger partial charge in [-0.25, -0.2) is 0 Å². The van der Waals surface area contributed by atoms with Crippen LogP contribution in [-0.2, 0) is 15.9 Å². The van der Waals surface area contributed by atoms with Gasteiger partial charge < -0.3 is 0 Å². The van der Waals surface area contributed by atoms with E-state index in [-0.39, 0.29) is 5.41 Å². The lowest BCUT2D eigenvalue weighted by Crippen LogP contribution is -2.15. The molecule has 0 heterocycles. The molecule has 0 fully saturated rings. The summed E-state index contributed by atoms with van der Waals surface area (Å²) in [7, 11) is 0. The second-order valence-corrected chi connectivity index (χ2v) is 4.05. The molecule has 0 bridgehead atoms. The fraction of sp³-hybridized carbons (Fsp3) is 1.00. The van der Waals surface area contributed by atoms with E-state index in [0.29, 0.717) is 11.7 Å². The lowest BCUT2D eigenvalue weighted by atomic mass is 9.90. The minimum absolute atomic E-state index is 0.252. The highest BCUT2D eigenvalue weighted by Crippen LogP contribution is 2.22. The Morgan fingerprint density at radius 3 is 2.40 bits per heavy atom. The summed E-state index contributed by atoms with van der Waals surface area (Å²) in [5.41, 5.74) is 0.252. The van der Waals surface area contributed by atoms with Crippen LogP contribution >= 0.6 is 0 Å². The van der Waals surface area contributed by atoms with E-state index in [9.17, 15) is 4.21 Å². The molecule has 0 atom stereocenters. The maximum absolute atomic E-state index is 10.2.